The van der Waals surface area contributed by atoms with Crippen LogP contribution in [0.1, 0.15) is 12.0 Å². The molecular formula is C10H10ClFO3. The maximum atomic E-state index is 13.1. The molecule has 0 bridgehead atoms. The predicted octanol–water partition coefficient (Wildman–Crippen LogP) is 2.32. The summed E-state index contributed by atoms with van der Waals surface area (Å²) in [7, 11) is 1.34. The Labute approximate surface area is 91.4 Å². The van der Waals surface area contributed by atoms with Crippen LogP contribution in [-0.4, -0.2) is 18.5 Å². The zero-order valence-corrected chi connectivity index (χ0v) is 8.84. The number of rotatable bonds is 4. The molecule has 0 atom stereocenters. The molecule has 0 spiro atoms. The van der Waals surface area contributed by atoms with E-state index in [1.807, 2.05) is 0 Å². The van der Waals surface area contributed by atoms with Gasteiger partial charge in [0.05, 0.1) is 12.1 Å². The summed E-state index contributed by atoms with van der Waals surface area (Å²) in [6.45, 7) is 0. The van der Waals surface area contributed by atoms with Crippen molar-refractivity contribution in [2.24, 2.45) is 0 Å². The minimum absolute atomic E-state index is 0.114. The molecule has 15 heavy (non-hydrogen) atoms. The fraction of sp³-hybridized carbons (Fsp3) is 0.300. The van der Waals surface area contributed by atoms with Gasteiger partial charge in [0, 0.05) is 18.1 Å². The van der Waals surface area contributed by atoms with E-state index in [4.69, 9.17) is 16.3 Å². The van der Waals surface area contributed by atoms with Crippen LogP contribution in [-0.2, 0) is 11.2 Å². The van der Waals surface area contributed by atoms with E-state index in [0.29, 0.717) is 11.8 Å². The van der Waals surface area contributed by atoms with Gasteiger partial charge in [0.2, 0.25) is 0 Å². The van der Waals surface area contributed by atoms with Crippen LogP contribution in [0.4, 0.5) is 4.39 Å². The lowest BCUT2D eigenvalue weighted by atomic mass is 10.1. The lowest BCUT2D eigenvalue weighted by Crippen LogP contribution is -1.97. The van der Waals surface area contributed by atoms with E-state index < -0.39 is 5.82 Å². The molecule has 0 aliphatic heterocycles. The molecule has 5 heteroatoms. The summed E-state index contributed by atoms with van der Waals surface area (Å²) in [5.74, 6) is -0.931. The minimum atomic E-state index is -0.726. The summed E-state index contributed by atoms with van der Waals surface area (Å²) >= 11 is 5.70. The molecule has 1 aromatic carbocycles. The van der Waals surface area contributed by atoms with Gasteiger partial charge in [-0.05, 0) is 6.42 Å². The molecule has 0 saturated carbocycles. The first-order valence-corrected chi connectivity index (χ1v) is 4.67. The number of aldehydes is 1. The van der Waals surface area contributed by atoms with Crippen LogP contribution in [0.15, 0.2) is 6.07 Å². The van der Waals surface area contributed by atoms with Crippen molar-refractivity contribution in [1.29, 1.82) is 0 Å². The molecule has 3 nitrogen and oxygen atoms in total. The predicted molar refractivity (Wildman–Crippen MR) is 54.0 cm³/mol. The molecular weight excluding hydrogens is 223 g/mol. The van der Waals surface area contributed by atoms with E-state index in [0.717, 1.165) is 6.07 Å². The molecule has 0 aliphatic rings. The number of phenols is 1. The van der Waals surface area contributed by atoms with Gasteiger partial charge in [-0.15, -0.1) is 0 Å². The Kier molecular flexibility index (Phi) is 3.91. The van der Waals surface area contributed by atoms with E-state index in [9.17, 15) is 14.3 Å². The maximum absolute atomic E-state index is 13.1. The fourth-order valence-corrected chi connectivity index (χ4v) is 1.54. The summed E-state index contributed by atoms with van der Waals surface area (Å²) in [6, 6.07) is 0.881. The van der Waals surface area contributed by atoms with Crippen molar-refractivity contribution in [3.8, 4) is 11.5 Å². The van der Waals surface area contributed by atoms with Crippen molar-refractivity contribution in [1.82, 2.24) is 0 Å². The number of methoxy groups -OCH3 is 1. The second-order valence-electron chi connectivity index (χ2n) is 2.91. The molecule has 0 fully saturated rings. The molecule has 0 heterocycles. The van der Waals surface area contributed by atoms with E-state index >= 15 is 0 Å². The molecule has 0 aliphatic carbocycles. The molecule has 82 valence electrons. The Bertz CT molecular complexity index is 379. The highest BCUT2D eigenvalue weighted by Gasteiger charge is 2.16. The number of carbonyl (C=O) groups excluding carboxylic acids is 1. The fourth-order valence-electron chi connectivity index (χ4n) is 1.30. The van der Waals surface area contributed by atoms with Gasteiger partial charge in [0.15, 0.2) is 11.5 Å². The van der Waals surface area contributed by atoms with Gasteiger partial charge < -0.3 is 14.6 Å². The largest absolute Gasteiger partial charge is 0.504 e. The van der Waals surface area contributed by atoms with Crippen LogP contribution in [0.2, 0.25) is 5.02 Å². The third-order valence-corrected chi connectivity index (χ3v) is 2.37. The minimum Gasteiger partial charge on any atom is -0.504 e. The number of ether oxygens (including phenoxy) is 1. The number of hydrogen-bond donors (Lipinski definition) is 1. The van der Waals surface area contributed by atoms with E-state index in [1.165, 1.54) is 7.11 Å². The summed E-state index contributed by atoms with van der Waals surface area (Å²) in [5.41, 5.74) is 0.309. The second-order valence-corrected chi connectivity index (χ2v) is 3.29. The molecule has 1 rings (SSSR count). The number of halogens is 2. The number of hydrogen-bond acceptors (Lipinski definition) is 3. The quantitative estimate of drug-likeness (QED) is 0.811. The summed E-state index contributed by atoms with van der Waals surface area (Å²) in [6.07, 6.45) is 1.12. The van der Waals surface area contributed by atoms with Crippen molar-refractivity contribution < 1.29 is 19.0 Å². The van der Waals surface area contributed by atoms with Gasteiger partial charge in [-0.1, -0.05) is 11.6 Å². The van der Waals surface area contributed by atoms with Gasteiger partial charge >= 0.3 is 0 Å². The Balaban J connectivity index is 3.23. The second kappa shape index (κ2) is 4.98. The van der Waals surface area contributed by atoms with Gasteiger partial charge in [0.25, 0.3) is 0 Å². The lowest BCUT2D eigenvalue weighted by Gasteiger charge is -2.11. The van der Waals surface area contributed by atoms with Crippen LogP contribution in [0.25, 0.3) is 0 Å². The summed E-state index contributed by atoms with van der Waals surface area (Å²) in [4.78, 5) is 10.2. The Hall–Kier alpha value is -1.29. The number of benzene rings is 1. The third kappa shape index (κ3) is 2.39. The average molecular weight is 233 g/mol. The highest BCUT2D eigenvalue weighted by molar-refractivity contribution is 6.31. The highest BCUT2D eigenvalue weighted by Crippen LogP contribution is 2.37. The van der Waals surface area contributed by atoms with Crippen molar-refractivity contribution >= 4 is 17.9 Å². The van der Waals surface area contributed by atoms with Gasteiger partial charge in [-0.2, -0.15) is 0 Å². The highest BCUT2D eigenvalue weighted by atomic mass is 35.5. The van der Waals surface area contributed by atoms with E-state index in [2.05, 4.69) is 0 Å². The zero-order valence-electron chi connectivity index (χ0n) is 8.09. The average Bonchev–Trinajstić information content (AvgIpc) is 2.21. The zero-order chi connectivity index (χ0) is 11.4. The topological polar surface area (TPSA) is 46.5 Å². The normalized spacial score (nSPS) is 10.1. The standard InChI is InChI=1S/C10H10ClFO3/c1-15-10-6(3-2-4-13)9(11)7(12)5-8(10)14/h4-5,14H,2-3H2,1H3. The van der Waals surface area contributed by atoms with E-state index in [-0.39, 0.29) is 29.4 Å². The molecule has 0 saturated heterocycles. The number of carbonyl (C=O) groups is 1. The Morgan fingerprint density at radius 2 is 2.33 bits per heavy atom. The maximum Gasteiger partial charge on any atom is 0.165 e. The first kappa shape index (κ1) is 11.8. The molecule has 0 aromatic heterocycles. The summed E-state index contributed by atoms with van der Waals surface area (Å²) in [5, 5.41) is 9.27. The van der Waals surface area contributed by atoms with Crippen molar-refractivity contribution in [2.75, 3.05) is 7.11 Å². The molecule has 1 N–H and O–H groups in total. The molecule has 1 aromatic rings. The molecule has 0 unspecified atom stereocenters. The lowest BCUT2D eigenvalue weighted by molar-refractivity contribution is -0.107. The Morgan fingerprint density at radius 1 is 1.67 bits per heavy atom. The first-order valence-electron chi connectivity index (χ1n) is 4.29. The smallest absolute Gasteiger partial charge is 0.165 e. The summed E-state index contributed by atoms with van der Waals surface area (Å²) < 4.78 is 18.0. The Morgan fingerprint density at radius 3 is 2.87 bits per heavy atom. The molecule has 0 radical (unpaired) electrons. The van der Waals surface area contributed by atoms with Crippen LogP contribution >= 0.6 is 11.6 Å². The molecule has 0 amide bonds. The number of aromatic hydroxyl groups is 1. The van der Waals surface area contributed by atoms with Crippen LogP contribution in [0, 0.1) is 5.82 Å². The van der Waals surface area contributed by atoms with Gasteiger partial charge in [-0.3, -0.25) is 0 Å². The van der Waals surface area contributed by atoms with Crippen molar-refractivity contribution in [2.45, 2.75) is 12.8 Å². The monoisotopic (exact) mass is 232 g/mol. The first-order chi connectivity index (χ1) is 7.11. The van der Waals surface area contributed by atoms with Crippen LogP contribution in [0.3, 0.4) is 0 Å². The van der Waals surface area contributed by atoms with E-state index in [1.54, 1.807) is 0 Å². The third-order valence-electron chi connectivity index (χ3n) is 1.96. The number of phenolic OH excluding ortho intramolecular Hbond substituents is 1. The van der Waals surface area contributed by atoms with Crippen LogP contribution in [0.5, 0.6) is 11.5 Å². The van der Waals surface area contributed by atoms with Crippen molar-refractivity contribution in [3.63, 3.8) is 0 Å². The van der Waals surface area contributed by atoms with Crippen LogP contribution < -0.4 is 4.74 Å². The SMILES string of the molecule is COc1c(O)cc(F)c(Cl)c1CCC=O. The van der Waals surface area contributed by atoms with Gasteiger partial charge in [0.1, 0.15) is 12.1 Å². The van der Waals surface area contributed by atoms with Gasteiger partial charge in [-0.25, -0.2) is 4.39 Å². The van der Waals surface area contributed by atoms with Crippen molar-refractivity contribution in [3.05, 3.63) is 22.5 Å².